The second-order valence-corrected chi connectivity index (χ2v) is 7.18. The number of rotatable bonds is 7. The highest BCUT2D eigenvalue weighted by Crippen LogP contribution is 2.39. The first kappa shape index (κ1) is 23.3. The van der Waals surface area contributed by atoms with E-state index >= 15 is 0 Å². The molecular formula is C20H13F3N6O6. The molecule has 2 aromatic carbocycles. The molecule has 0 aliphatic rings. The van der Waals surface area contributed by atoms with Gasteiger partial charge in [0.05, 0.1) is 16.8 Å². The summed E-state index contributed by atoms with van der Waals surface area (Å²) in [6.07, 6.45) is -2.39. The van der Waals surface area contributed by atoms with E-state index in [1.165, 1.54) is 24.3 Å². The number of halogens is 3. The lowest BCUT2D eigenvalue weighted by Crippen LogP contribution is -2.15. The number of aromatic nitrogens is 4. The predicted octanol–water partition coefficient (Wildman–Crippen LogP) is 4.13. The molecule has 12 nitrogen and oxygen atoms in total. The van der Waals surface area contributed by atoms with Gasteiger partial charge in [-0.1, -0.05) is 25.1 Å². The van der Waals surface area contributed by atoms with Gasteiger partial charge in [-0.25, -0.2) is 14.6 Å². The van der Waals surface area contributed by atoms with Gasteiger partial charge in [0.25, 0.3) is 5.09 Å². The van der Waals surface area contributed by atoms with Gasteiger partial charge in [-0.3, -0.25) is 9.68 Å². The number of alkyl halides is 3. The zero-order valence-corrected chi connectivity index (χ0v) is 17.5. The van der Waals surface area contributed by atoms with Crippen molar-refractivity contribution in [3.05, 3.63) is 92.0 Å². The minimum atomic E-state index is -4.66. The Morgan fingerprint density at radius 3 is 2.43 bits per heavy atom. The molecule has 1 atom stereocenters. The molecule has 0 amide bonds. The van der Waals surface area contributed by atoms with Crippen molar-refractivity contribution in [2.45, 2.75) is 19.0 Å². The van der Waals surface area contributed by atoms with Gasteiger partial charge in [0.15, 0.2) is 5.75 Å². The van der Waals surface area contributed by atoms with Crippen LogP contribution in [0.5, 0.6) is 11.6 Å². The third kappa shape index (κ3) is 4.78. The summed E-state index contributed by atoms with van der Waals surface area (Å²) in [6, 6.07) is 9.40. The topological polar surface area (TPSA) is 148 Å². The molecule has 2 aromatic heterocycles. The van der Waals surface area contributed by atoms with Gasteiger partial charge in [-0.05, 0) is 35.4 Å². The number of nitrogens with zero attached hydrogens (tertiary/aromatic N) is 6. The van der Waals surface area contributed by atoms with Gasteiger partial charge < -0.3 is 0 Å². The minimum Gasteiger partial charge on any atom is -0.272 e. The third-order valence-electron chi connectivity index (χ3n) is 5.09. The Bertz CT molecular complexity index is 1430. The molecule has 0 saturated heterocycles. The van der Waals surface area contributed by atoms with Crippen molar-refractivity contribution in [1.29, 1.82) is 0 Å². The molecule has 35 heavy (non-hydrogen) atoms. The fourth-order valence-corrected chi connectivity index (χ4v) is 3.61. The van der Waals surface area contributed by atoms with E-state index in [4.69, 9.17) is 0 Å². The lowest BCUT2D eigenvalue weighted by atomic mass is 9.89. The first-order valence-corrected chi connectivity index (χ1v) is 9.69. The fraction of sp³-hybridized carbons (Fsp3) is 0.150. The van der Waals surface area contributed by atoms with E-state index < -0.39 is 39.5 Å². The molecule has 4 aromatic rings. The van der Waals surface area contributed by atoms with Crippen LogP contribution >= 0.6 is 0 Å². The minimum absolute atomic E-state index is 0.175. The van der Waals surface area contributed by atoms with Crippen LogP contribution in [-0.4, -0.2) is 29.9 Å². The van der Waals surface area contributed by atoms with E-state index in [1.54, 1.807) is 13.0 Å². The molecule has 2 heterocycles. The molecule has 180 valence electrons. The highest BCUT2D eigenvalue weighted by Gasteiger charge is 2.36. The highest BCUT2D eigenvalue weighted by atomic mass is 19.4. The summed E-state index contributed by atoms with van der Waals surface area (Å²) in [7, 11) is 0. The van der Waals surface area contributed by atoms with Crippen molar-refractivity contribution in [3.63, 3.8) is 0 Å². The third-order valence-corrected chi connectivity index (χ3v) is 5.09. The molecule has 0 N–H and O–H groups in total. The Labute approximate surface area is 192 Å². The van der Waals surface area contributed by atoms with E-state index in [1.807, 2.05) is 0 Å². The van der Waals surface area contributed by atoms with Crippen LogP contribution < -0.4 is 9.68 Å². The van der Waals surface area contributed by atoms with E-state index in [9.17, 15) is 33.4 Å². The summed E-state index contributed by atoms with van der Waals surface area (Å²) in [5.74, 6) is -1.96. The number of hydrogen-bond donors (Lipinski definition) is 0. The van der Waals surface area contributed by atoms with Crippen molar-refractivity contribution in [2.75, 3.05) is 0 Å². The molecule has 0 fully saturated rings. The van der Waals surface area contributed by atoms with E-state index in [-0.39, 0.29) is 22.2 Å². The first-order valence-electron chi connectivity index (χ1n) is 9.69. The number of pyridine rings is 1. The summed E-state index contributed by atoms with van der Waals surface area (Å²) < 4.78 is 42.3. The van der Waals surface area contributed by atoms with Gasteiger partial charge in [0.1, 0.15) is 12.7 Å². The summed E-state index contributed by atoms with van der Waals surface area (Å²) in [5.41, 5.74) is -0.120. The molecule has 15 heteroatoms. The van der Waals surface area contributed by atoms with Crippen molar-refractivity contribution in [3.8, 4) is 17.3 Å². The Morgan fingerprint density at radius 1 is 1.06 bits per heavy atom. The average molecular weight is 490 g/mol. The van der Waals surface area contributed by atoms with Gasteiger partial charge in [0, 0.05) is 11.3 Å². The maximum atomic E-state index is 13.8. The number of hydrogen-bond acceptors (Lipinski definition) is 9. The maximum Gasteiger partial charge on any atom is 0.418 e. The molecule has 1 unspecified atom stereocenters. The van der Waals surface area contributed by atoms with E-state index in [0.717, 1.165) is 29.5 Å². The molecule has 0 bridgehead atoms. The van der Waals surface area contributed by atoms with Crippen LogP contribution in [-0.2, 0) is 6.18 Å². The fourth-order valence-electron chi connectivity index (χ4n) is 3.61. The van der Waals surface area contributed by atoms with Gasteiger partial charge in [-0.15, -0.1) is 20.2 Å². The van der Waals surface area contributed by atoms with Gasteiger partial charge >= 0.3 is 11.3 Å². The van der Waals surface area contributed by atoms with Crippen LogP contribution in [0.2, 0.25) is 0 Å². The lowest BCUT2D eigenvalue weighted by molar-refractivity contribution is -0.722. The maximum absolute atomic E-state index is 13.8. The van der Waals surface area contributed by atoms with Crippen molar-refractivity contribution in [2.24, 2.45) is 0 Å². The summed E-state index contributed by atoms with van der Waals surface area (Å²) >= 11 is 0. The largest absolute Gasteiger partial charge is 0.418 e. The molecule has 4 rings (SSSR count). The normalized spacial score (nSPS) is 12.3. The second-order valence-electron chi connectivity index (χ2n) is 7.18. The van der Waals surface area contributed by atoms with Crippen LogP contribution in [0, 0.1) is 20.2 Å². The molecule has 0 radical (unpaired) electrons. The molecule has 0 saturated carbocycles. The van der Waals surface area contributed by atoms with Crippen LogP contribution in [0.1, 0.15) is 29.5 Å². The van der Waals surface area contributed by atoms with E-state index in [2.05, 4.69) is 24.7 Å². The Morgan fingerprint density at radius 2 is 1.80 bits per heavy atom. The Balaban J connectivity index is 1.84. The molecular weight excluding hydrogens is 477 g/mol. The van der Waals surface area contributed by atoms with Crippen LogP contribution in [0.25, 0.3) is 16.6 Å². The second kappa shape index (κ2) is 8.85. The first-order chi connectivity index (χ1) is 16.5. The van der Waals surface area contributed by atoms with Crippen LogP contribution in [0.3, 0.4) is 0 Å². The monoisotopic (exact) mass is 490 g/mol. The van der Waals surface area contributed by atoms with Crippen molar-refractivity contribution >= 4 is 10.9 Å². The zero-order valence-electron chi connectivity index (χ0n) is 17.5. The average Bonchev–Trinajstić information content (AvgIpc) is 3.31. The van der Waals surface area contributed by atoms with Crippen LogP contribution in [0.4, 0.5) is 13.2 Å². The highest BCUT2D eigenvalue weighted by molar-refractivity contribution is 5.82. The zero-order chi connectivity index (χ0) is 25.3. The SMILES string of the molecule is CC(c1ccc2nc(O[N+](=O)[O-])c(O[N+](=O)[O-])cc2c1)c1cccc(C(F)(F)F)c1-n1cncn1. The van der Waals surface area contributed by atoms with Gasteiger partial charge in [-0.2, -0.15) is 18.3 Å². The van der Waals surface area contributed by atoms with Crippen molar-refractivity contribution < 1.29 is 33.0 Å². The summed E-state index contributed by atoms with van der Waals surface area (Å²) in [6.45, 7) is 1.67. The van der Waals surface area contributed by atoms with Gasteiger partial charge in [0.2, 0.25) is 5.88 Å². The Hall–Kier alpha value is -4.82. The lowest BCUT2D eigenvalue weighted by Gasteiger charge is -2.21. The van der Waals surface area contributed by atoms with Crippen LogP contribution in [0.15, 0.2) is 55.1 Å². The number of para-hydroxylation sites is 1. The van der Waals surface area contributed by atoms with Crippen molar-refractivity contribution in [1.82, 2.24) is 19.7 Å². The standard InChI is InChI=1S/C20H13F3N6O6/c1-11(14-3-2-4-15(20(21,22)23)18(14)27-10-24-9-25-27)12-5-6-16-13(7-12)8-17(34-28(30)31)19(26-16)35-29(32)33/h2-11H,1H3. The molecule has 0 spiro atoms. The van der Waals surface area contributed by atoms with E-state index in [0.29, 0.717) is 5.56 Å². The Kier molecular flexibility index (Phi) is 5.90. The number of benzene rings is 2. The quantitative estimate of drug-likeness (QED) is 0.275. The smallest absolute Gasteiger partial charge is 0.272 e. The molecule has 0 aliphatic carbocycles. The predicted molar refractivity (Wildman–Crippen MR) is 111 cm³/mol. The summed E-state index contributed by atoms with van der Waals surface area (Å²) in [4.78, 5) is 37.7. The number of fused-ring (bicyclic) bond motifs is 1. The summed E-state index contributed by atoms with van der Waals surface area (Å²) in [5, 5.41) is 23.2. The molecule has 0 aliphatic heterocycles.